The molecule has 0 aliphatic rings. The summed E-state index contributed by atoms with van der Waals surface area (Å²) in [5.74, 6) is -0.244. The van der Waals surface area contributed by atoms with E-state index in [1.54, 1.807) is 0 Å². The van der Waals surface area contributed by atoms with Crippen molar-refractivity contribution in [1.29, 1.82) is 0 Å². The van der Waals surface area contributed by atoms with E-state index < -0.39 is 11.6 Å². The number of halogens is 2. The van der Waals surface area contributed by atoms with Gasteiger partial charge in [-0.2, -0.15) is 11.8 Å². The topological polar surface area (TPSA) is 68.3 Å². The summed E-state index contributed by atoms with van der Waals surface area (Å²) >= 11 is 1.43. The third-order valence-corrected chi connectivity index (χ3v) is 7.28. The molecule has 3 aromatic rings. The number of aldehydes is 1. The first-order valence-electron chi connectivity index (χ1n) is 12.9. The van der Waals surface area contributed by atoms with Crippen molar-refractivity contribution in [2.45, 2.75) is 46.2 Å². The van der Waals surface area contributed by atoms with Crippen LogP contribution in [0.1, 0.15) is 50.9 Å². The van der Waals surface area contributed by atoms with E-state index in [0.717, 1.165) is 29.7 Å². The molecule has 0 radical (unpaired) electrons. The molecular formula is C30H37F2N3O2S. The minimum absolute atomic E-state index is 0.0415. The fourth-order valence-corrected chi connectivity index (χ4v) is 5.39. The van der Waals surface area contributed by atoms with Crippen LogP contribution in [-0.4, -0.2) is 46.3 Å². The molecule has 1 atom stereocenters. The molecule has 0 aliphatic heterocycles. The van der Waals surface area contributed by atoms with E-state index in [0.29, 0.717) is 43.8 Å². The van der Waals surface area contributed by atoms with E-state index in [1.165, 1.54) is 17.8 Å². The zero-order chi connectivity index (χ0) is 27.7. The van der Waals surface area contributed by atoms with E-state index in [4.69, 9.17) is 5.73 Å². The summed E-state index contributed by atoms with van der Waals surface area (Å²) in [6.07, 6.45) is 3.71. The Bertz CT molecular complexity index is 1210. The van der Waals surface area contributed by atoms with Crippen LogP contribution < -0.4 is 5.73 Å². The van der Waals surface area contributed by atoms with Crippen molar-refractivity contribution >= 4 is 24.0 Å². The van der Waals surface area contributed by atoms with E-state index in [1.807, 2.05) is 52.1 Å². The molecule has 0 spiro atoms. The molecule has 1 heterocycles. The van der Waals surface area contributed by atoms with E-state index in [-0.39, 0.29) is 28.7 Å². The predicted octanol–water partition coefficient (Wildman–Crippen LogP) is 6.07. The number of thioether (sulfide) groups is 1. The van der Waals surface area contributed by atoms with Crippen molar-refractivity contribution < 1.29 is 18.4 Å². The highest BCUT2D eigenvalue weighted by Gasteiger charge is 2.37. The lowest BCUT2D eigenvalue weighted by Crippen LogP contribution is -2.44. The molecule has 2 N–H and O–H groups in total. The van der Waals surface area contributed by atoms with E-state index in [2.05, 4.69) is 20.8 Å². The van der Waals surface area contributed by atoms with Gasteiger partial charge in [-0.1, -0.05) is 51.1 Å². The van der Waals surface area contributed by atoms with Crippen LogP contribution in [0.3, 0.4) is 0 Å². The maximum atomic E-state index is 14.8. The van der Waals surface area contributed by atoms with Crippen molar-refractivity contribution in [1.82, 2.24) is 9.47 Å². The van der Waals surface area contributed by atoms with Gasteiger partial charge in [-0.15, -0.1) is 0 Å². The molecule has 0 aliphatic carbocycles. The van der Waals surface area contributed by atoms with Crippen molar-refractivity contribution in [3.8, 4) is 11.1 Å². The first-order valence-corrected chi connectivity index (χ1v) is 14.0. The van der Waals surface area contributed by atoms with E-state index >= 15 is 0 Å². The summed E-state index contributed by atoms with van der Waals surface area (Å²) in [4.78, 5) is 26.2. The Kier molecular flexibility index (Phi) is 10.7. The van der Waals surface area contributed by atoms with Crippen LogP contribution in [0, 0.1) is 17.0 Å². The van der Waals surface area contributed by atoms with Crippen molar-refractivity contribution in [2.75, 3.05) is 24.6 Å². The summed E-state index contributed by atoms with van der Waals surface area (Å²) in [5, 5.41) is 0. The van der Waals surface area contributed by atoms with Gasteiger partial charge in [-0.05, 0) is 48.2 Å². The molecule has 38 heavy (non-hydrogen) atoms. The maximum absolute atomic E-state index is 14.8. The lowest BCUT2D eigenvalue weighted by atomic mass is 9.83. The van der Waals surface area contributed by atoms with Crippen molar-refractivity contribution in [3.63, 3.8) is 0 Å². The van der Waals surface area contributed by atoms with Gasteiger partial charge in [0.05, 0.1) is 11.8 Å². The van der Waals surface area contributed by atoms with Crippen LogP contribution in [-0.2, 0) is 16.1 Å². The standard InChI is InChI=1S/C30H37F2N3O2S/c1-30(2,3)29(35(14-7-13-33)28(37)21-38-16-8-15-36)27-17-23(25-18-24(31)11-12-26(25)32)20-34(27)19-22-9-5-4-6-10-22/h4-6,9-12,15,17-18,20,29H,7-8,13-14,16,19,21,33H2,1-3H3/t29-/m0/s1. The summed E-state index contributed by atoms with van der Waals surface area (Å²) in [7, 11) is 0. The minimum Gasteiger partial charge on any atom is -0.344 e. The number of nitrogens with zero attached hydrogens (tertiary/aromatic N) is 2. The number of hydrogen-bond donors (Lipinski definition) is 1. The van der Waals surface area contributed by atoms with Crippen LogP contribution >= 0.6 is 11.8 Å². The largest absolute Gasteiger partial charge is 0.344 e. The number of nitrogens with two attached hydrogens (primary N) is 1. The average Bonchev–Trinajstić information content (AvgIpc) is 3.27. The normalized spacial score (nSPS) is 12.4. The second-order valence-corrected chi connectivity index (χ2v) is 11.5. The van der Waals surface area contributed by atoms with Crippen LogP contribution in [0.5, 0.6) is 0 Å². The number of rotatable bonds is 13. The smallest absolute Gasteiger partial charge is 0.233 e. The Morgan fingerprint density at radius 2 is 1.87 bits per heavy atom. The second-order valence-electron chi connectivity index (χ2n) is 10.4. The second kappa shape index (κ2) is 13.7. The van der Waals surface area contributed by atoms with Gasteiger partial charge >= 0.3 is 0 Å². The highest BCUT2D eigenvalue weighted by Crippen LogP contribution is 2.41. The number of carbonyl (C=O) groups is 2. The first-order chi connectivity index (χ1) is 18.2. The highest BCUT2D eigenvalue weighted by atomic mass is 32.2. The van der Waals surface area contributed by atoms with Crippen molar-refractivity contribution in [2.24, 2.45) is 11.1 Å². The number of hydrogen-bond acceptors (Lipinski definition) is 4. The Labute approximate surface area is 228 Å². The van der Waals surface area contributed by atoms with Gasteiger partial charge in [0.25, 0.3) is 0 Å². The molecule has 3 rings (SSSR count). The molecular weight excluding hydrogens is 504 g/mol. The lowest BCUT2D eigenvalue weighted by Gasteiger charge is -2.41. The van der Waals surface area contributed by atoms with Gasteiger partial charge in [-0.3, -0.25) is 4.79 Å². The minimum atomic E-state index is -0.516. The van der Waals surface area contributed by atoms with Crippen LogP contribution in [0.2, 0.25) is 0 Å². The Morgan fingerprint density at radius 1 is 1.13 bits per heavy atom. The molecule has 204 valence electrons. The highest BCUT2D eigenvalue weighted by molar-refractivity contribution is 7.99. The SMILES string of the molecule is CC(C)(C)[C@H](c1cc(-c2cc(F)ccc2F)cn1Cc1ccccc1)N(CCCN)C(=O)CSCCC=O. The van der Waals surface area contributed by atoms with Gasteiger partial charge in [0, 0.05) is 48.3 Å². The van der Waals surface area contributed by atoms with Gasteiger partial charge in [0.1, 0.15) is 17.9 Å². The molecule has 5 nitrogen and oxygen atoms in total. The van der Waals surface area contributed by atoms with Crippen LogP contribution in [0.15, 0.2) is 60.8 Å². The lowest BCUT2D eigenvalue weighted by molar-refractivity contribution is -0.133. The fourth-order valence-electron chi connectivity index (χ4n) is 4.65. The number of benzene rings is 2. The van der Waals surface area contributed by atoms with Gasteiger partial charge < -0.3 is 20.0 Å². The molecule has 0 unspecified atom stereocenters. The summed E-state index contributed by atoms with van der Waals surface area (Å²) < 4.78 is 31.0. The number of amides is 1. The molecule has 0 saturated heterocycles. The zero-order valence-electron chi connectivity index (χ0n) is 22.3. The zero-order valence-corrected chi connectivity index (χ0v) is 23.1. The molecule has 0 bridgehead atoms. The van der Waals surface area contributed by atoms with E-state index in [9.17, 15) is 18.4 Å². The van der Waals surface area contributed by atoms with Crippen LogP contribution in [0.25, 0.3) is 11.1 Å². The number of aromatic nitrogens is 1. The number of carbonyl (C=O) groups excluding carboxylic acids is 2. The fraction of sp³-hybridized carbons (Fsp3) is 0.400. The molecule has 1 amide bonds. The summed E-state index contributed by atoms with van der Waals surface area (Å²) in [6.45, 7) is 7.62. The summed E-state index contributed by atoms with van der Waals surface area (Å²) in [5.41, 5.74) is 8.07. The molecule has 1 aromatic heterocycles. The maximum Gasteiger partial charge on any atom is 0.233 e. The summed E-state index contributed by atoms with van der Waals surface area (Å²) in [6, 6.07) is 14.8. The van der Waals surface area contributed by atoms with Crippen LogP contribution in [0.4, 0.5) is 8.78 Å². The quantitative estimate of drug-likeness (QED) is 0.211. The third kappa shape index (κ3) is 7.77. The Balaban J connectivity index is 2.13. The monoisotopic (exact) mass is 541 g/mol. The van der Waals surface area contributed by atoms with Crippen molar-refractivity contribution in [3.05, 3.63) is 83.7 Å². The van der Waals surface area contributed by atoms with Gasteiger partial charge in [0.2, 0.25) is 5.91 Å². The third-order valence-electron chi connectivity index (χ3n) is 6.31. The molecule has 8 heteroatoms. The molecule has 0 saturated carbocycles. The molecule has 2 aromatic carbocycles. The van der Waals surface area contributed by atoms with Gasteiger partial charge in [0.15, 0.2) is 0 Å². The average molecular weight is 542 g/mol. The predicted molar refractivity (Wildman–Crippen MR) is 151 cm³/mol. The van der Waals surface area contributed by atoms with Gasteiger partial charge in [-0.25, -0.2) is 8.78 Å². The molecule has 0 fully saturated rings. The Morgan fingerprint density at radius 3 is 2.53 bits per heavy atom. The Hall–Kier alpha value is -2.97. The first kappa shape index (κ1) is 29.6.